The summed E-state index contributed by atoms with van der Waals surface area (Å²) in [7, 11) is 0. The lowest BCUT2D eigenvalue weighted by Gasteiger charge is -2.16. The lowest BCUT2D eigenvalue weighted by atomic mass is 9.90. The first-order chi connectivity index (χ1) is 11.5. The summed E-state index contributed by atoms with van der Waals surface area (Å²) in [6.45, 7) is 3.86. The molecule has 24 heavy (non-hydrogen) atoms. The van der Waals surface area contributed by atoms with Gasteiger partial charge in [0.15, 0.2) is 0 Å². The molecule has 3 aromatic heterocycles. The Morgan fingerprint density at radius 2 is 2.29 bits per heavy atom. The SMILES string of the molecule is Cc1nn2c(NC(=O)c3cc4c(s3)CCC(C)C4)csc2nc1=O. The van der Waals surface area contributed by atoms with Crippen molar-refractivity contribution in [2.24, 2.45) is 5.92 Å². The highest BCUT2D eigenvalue weighted by atomic mass is 32.1. The Morgan fingerprint density at radius 1 is 1.46 bits per heavy atom. The minimum absolute atomic E-state index is 0.139. The number of carbonyl (C=O) groups excluding carboxylic acids is 1. The molecule has 0 radical (unpaired) electrons. The van der Waals surface area contributed by atoms with Gasteiger partial charge in [0.25, 0.3) is 11.5 Å². The third kappa shape index (κ3) is 2.65. The summed E-state index contributed by atoms with van der Waals surface area (Å²) in [6, 6.07) is 2.01. The predicted octanol–water partition coefficient (Wildman–Crippen LogP) is 2.90. The number of thiophene rings is 1. The van der Waals surface area contributed by atoms with Gasteiger partial charge in [-0.3, -0.25) is 9.59 Å². The Kier molecular flexibility index (Phi) is 3.73. The summed E-state index contributed by atoms with van der Waals surface area (Å²) in [5.41, 5.74) is 1.27. The smallest absolute Gasteiger partial charge is 0.295 e. The number of hydrogen-bond acceptors (Lipinski definition) is 6. The number of nitrogens with one attached hydrogen (secondary N) is 1. The third-order valence-electron chi connectivity index (χ3n) is 4.24. The molecule has 124 valence electrons. The molecule has 1 N–H and O–H groups in total. The molecule has 1 unspecified atom stereocenters. The number of aromatic nitrogens is 3. The van der Waals surface area contributed by atoms with Crippen molar-refractivity contribution in [3.8, 4) is 0 Å². The Hall–Kier alpha value is -2.06. The van der Waals surface area contributed by atoms with Crippen LogP contribution in [0, 0.1) is 12.8 Å². The minimum Gasteiger partial charge on any atom is -0.305 e. The maximum atomic E-state index is 12.6. The zero-order valence-electron chi connectivity index (χ0n) is 13.3. The molecule has 1 amide bonds. The van der Waals surface area contributed by atoms with Gasteiger partial charge in [-0.15, -0.1) is 22.7 Å². The van der Waals surface area contributed by atoms with E-state index in [1.54, 1.807) is 23.6 Å². The van der Waals surface area contributed by atoms with E-state index in [-0.39, 0.29) is 11.5 Å². The molecule has 3 heterocycles. The van der Waals surface area contributed by atoms with E-state index in [0.717, 1.165) is 17.7 Å². The van der Waals surface area contributed by atoms with Crippen LogP contribution in [-0.2, 0) is 12.8 Å². The van der Waals surface area contributed by atoms with Gasteiger partial charge in [0.05, 0.1) is 4.88 Å². The molecule has 1 aliphatic carbocycles. The highest BCUT2D eigenvalue weighted by Crippen LogP contribution is 2.32. The van der Waals surface area contributed by atoms with Gasteiger partial charge in [0, 0.05) is 10.3 Å². The topological polar surface area (TPSA) is 76.4 Å². The van der Waals surface area contributed by atoms with Crippen molar-refractivity contribution < 1.29 is 4.79 Å². The standard InChI is InChI=1S/C16H16N4O2S2/c1-8-3-4-11-10(5-8)6-12(24-11)15(22)17-13-7-23-16-18-14(21)9(2)19-20(13)16/h6-8H,3-5H2,1-2H3,(H,17,22). The number of aryl methyl sites for hydroxylation is 2. The third-order valence-corrected chi connectivity index (χ3v) is 6.29. The van der Waals surface area contributed by atoms with Crippen LogP contribution in [0.2, 0.25) is 0 Å². The molecule has 0 saturated carbocycles. The van der Waals surface area contributed by atoms with Gasteiger partial charge in [0.2, 0.25) is 4.96 Å². The Balaban J connectivity index is 1.63. The number of nitrogens with zero attached hydrogens (tertiary/aromatic N) is 3. The van der Waals surface area contributed by atoms with E-state index in [2.05, 4.69) is 22.3 Å². The summed E-state index contributed by atoms with van der Waals surface area (Å²) in [5.74, 6) is 1.08. The van der Waals surface area contributed by atoms with Gasteiger partial charge in [-0.1, -0.05) is 6.92 Å². The average Bonchev–Trinajstić information content (AvgIpc) is 3.12. The molecule has 1 atom stereocenters. The second kappa shape index (κ2) is 5.78. The predicted molar refractivity (Wildman–Crippen MR) is 95.3 cm³/mol. The monoisotopic (exact) mass is 360 g/mol. The van der Waals surface area contributed by atoms with Gasteiger partial charge in [-0.05, 0) is 43.7 Å². The number of thiazole rings is 1. The maximum Gasteiger partial charge on any atom is 0.295 e. The highest BCUT2D eigenvalue weighted by molar-refractivity contribution is 7.15. The molecule has 4 rings (SSSR count). The number of rotatable bonds is 2. The molecule has 3 aromatic rings. The van der Waals surface area contributed by atoms with Gasteiger partial charge >= 0.3 is 0 Å². The Labute approximate surface area is 146 Å². The summed E-state index contributed by atoms with van der Waals surface area (Å²) < 4.78 is 1.51. The fourth-order valence-corrected chi connectivity index (χ4v) is 4.77. The molecular formula is C16H16N4O2S2. The average molecular weight is 360 g/mol. The number of anilines is 1. The minimum atomic E-state index is -0.338. The van der Waals surface area contributed by atoms with E-state index in [9.17, 15) is 9.59 Å². The highest BCUT2D eigenvalue weighted by Gasteiger charge is 2.21. The zero-order chi connectivity index (χ0) is 16.8. The van der Waals surface area contributed by atoms with Crippen LogP contribution < -0.4 is 10.9 Å². The number of carbonyl (C=O) groups is 1. The second-order valence-corrected chi connectivity index (χ2v) is 8.15. The van der Waals surface area contributed by atoms with Crippen molar-refractivity contribution in [1.82, 2.24) is 14.6 Å². The summed E-state index contributed by atoms with van der Waals surface area (Å²) >= 11 is 2.85. The van der Waals surface area contributed by atoms with E-state index in [4.69, 9.17) is 0 Å². The normalized spacial score (nSPS) is 17.0. The van der Waals surface area contributed by atoms with E-state index >= 15 is 0 Å². The van der Waals surface area contributed by atoms with E-state index in [1.807, 2.05) is 6.07 Å². The summed E-state index contributed by atoms with van der Waals surface area (Å²) in [6.07, 6.45) is 3.29. The quantitative estimate of drug-likeness (QED) is 0.762. The van der Waals surface area contributed by atoms with Crippen molar-refractivity contribution in [3.05, 3.63) is 42.8 Å². The summed E-state index contributed by atoms with van der Waals surface area (Å²) in [5, 5.41) is 8.84. The van der Waals surface area contributed by atoms with Crippen LogP contribution in [0.1, 0.15) is 39.2 Å². The van der Waals surface area contributed by atoms with Crippen molar-refractivity contribution in [3.63, 3.8) is 0 Å². The molecule has 0 bridgehead atoms. The molecule has 0 aliphatic heterocycles. The number of fused-ring (bicyclic) bond motifs is 2. The largest absolute Gasteiger partial charge is 0.305 e. The van der Waals surface area contributed by atoms with Crippen LogP contribution in [0.4, 0.5) is 5.82 Å². The molecule has 0 aromatic carbocycles. The Morgan fingerprint density at radius 3 is 3.12 bits per heavy atom. The summed E-state index contributed by atoms with van der Waals surface area (Å²) in [4.78, 5) is 30.6. The lowest BCUT2D eigenvalue weighted by Crippen LogP contribution is -2.17. The first kappa shape index (κ1) is 15.5. The van der Waals surface area contributed by atoms with E-state index < -0.39 is 0 Å². The molecule has 0 fully saturated rings. The zero-order valence-corrected chi connectivity index (χ0v) is 15.0. The molecule has 0 spiro atoms. The first-order valence-electron chi connectivity index (χ1n) is 7.79. The molecule has 8 heteroatoms. The fraction of sp³-hybridized carbons (Fsp3) is 0.375. The second-order valence-electron chi connectivity index (χ2n) is 6.18. The van der Waals surface area contributed by atoms with E-state index in [1.165, 1.54) is 32.7 Å². The molecule has 1 aliphatic rings. The van der Waals surface area contributed by atoms with Crippen LogP contribution >= 0.6 is 22.7 Å². The van der Waals surface area contributed by atoms with E-state index in [0.29, 0.717) is 22.4 Å². The molecular weight excluding hydrogens is 344 g/mol. The molecule has 6 nitrogen and oxygen atoms in total. The van der Waals surface area contributed by atoms with Gasteiger partial charge in [-0.25, -0.2) is 0 Å². The Bertz CT molecular complexity index is 1000. The van der Waals surface area contributed by atoms with Crippen LogP contribution in [0.25, 0.3) is 4.96 Å². The number of amides is 1. The van der Waals surface area contributed by atoms with Crippen LogP contribution in [0.3, 0.4) is 0 Å². The van der Waals surface area contributed by atoms with Crippen LogP contribution in [-0.4, -0.2) is 20.5 Å². The fourth-order valence-electron chi connectivity index (χ4n) is 2.92. The lowest BCUT2D eigenvalue weighted by molar-refractivity contribution is 0.103. The van der Waals surface area contributed by atoms with Gasteiger partial charge in [-0.2, -0.15) is 14.6 Å². The van der Waals surface area contributed by atoms with Crippen LogP contribution in [0.5, 0.6) is 0 Å². The van der Waals surface area contributed by atoms with Crippen molar-refractivity contribution >= 4 is 39.4 Å². The first-order valence-corrected chi connectivity index (χ1v) is 9.49. The van der Waals surface area contributed by atoms with Gasteiger partial charge in [0.1, 0.15) is 11.5 Å². The maximum absolute atomic E-state index is 12.6. The number of hydrogen-bond donors (Lipinski definition) is 1. The van der Waals surface area contributed by atoms with Crippen molar-refractivity contribution in [1.29, 1.82) is 0 Å². The van der Waals surface area contributed by atoms with Crippen molar-refractivity contribution in [2.75, 3.05) is 5.32 Å². The molecule has 0 saturated heterocycles. The van der Waals surface area contributed by atoms with Crippen LogP contribution in [0.15, 0.2) is 16.2 Å². The van der Waals surface area contributed by atoms with Crippen molar-refractivity contribution in [2.45, 2.75) is 33.1 Å². The van der Waals surface area contributed by atoms with Gasteiger partial charge < -0.3 is 5.32 Å².